The highest BCUT2D eigenvalue weighted by molar-refractivity contribution is 6.30. The van der Waals surface area contributed by atoms with Crippen LogP contribution in [-0.4, -0.2) is 48.7 Å². The standard InChI is InChI=1S/C30H28Cl2FN3O3/c1-19-28(30(38)39-18-21-5-9-23(32)10-6-21)29(37)24-15-25(33)27(35-13-11-34(2)12-14-35)16-26(24)36(19)17-20-3-7-22(31)8-4-20/h3-10,15-16H,11-14,17-18H2,1-2H3. The molecule has 0 bridgehead atoms. The lowest BCUT2D eigenvalue weighted by Crippen LogP contribution is -2.44. The predicted molar refractivity (Wildman–Crippen MR) is 154 cm³/mol. The Kier molecular flexibility index (Phi) is 7.93. The van der Waals surface area contributed by atoms with Crippen LogP contribution in [0.1, 0.15) is 27.2 Å². The lowest BCUT2D eigenvalue weighted by molar-refractivity contribution is 0.0469. The molecule has 1 saturated heterocycles. The normalized spacial score (nSPS) is 14.1. The highest BCUT2D eigenvalue weighted by Crippen LogP contribution is 2.28. The number of likely N-dealkylation sites (N-methyl/N-ethyl adjacent to an activating group) is 1. The Morgan fingerprint density at radius 3 is 2.13 bits per heavy atom. The van der Waals surface area contributed by atoms with Gasteiger partial charge in [-0.3, -0.25) is 4.79 Å². The molecule has 202 valence electrons. The zero-order valence-corrected chi connectivity index (χ0v) is 23.2. The van der Waals surface area contributed by atoms with Crippen molar-refractivity contribution in [3.8, 4) is 0 Å². The first-order valence-electron chi connectivity index (χ1n) is 12.7. The number of rotatable bonds is 6. The molecule has 0 N–H and O–H groups in total. The Balaban J connectivity index is 1.60. The zero-order chi connectivity index (χ0) is 27.7. The minimum absolute atomic E-state index is 0.0270. The summed E-state index contributed by atoms with van der Waals surface area (Å²) in [7, 11) is 2.04. The van der Waals surface area contributed by atoms with Crippen molar-refractivity contribution in [1.29, 1.82) is 0 Å². The van der Waals surface area contributed by atoms with Gasteiger partial charge in [-0.05, 0) is 61.5 Å². The van der Waals surface area contributed by atoms with Gasteiger partial charge in [0, 0.05) is 53.8 Å². The number of pyridine rings is 1. The fourth-order valence-corrected chi connectivity index (χ4v) is 5.13. The molecule has 0 unspecified atom stereocenters. The summed E-state index contributed by atoms with van der Waals surface area (Å²) in [6, 6.07) is 17.2. The smallest absolute Gasteiger partial charge is 0.344 e. The molecule has 5 rings (SSSR count). The maximum atomic E-state index is 15.5. The van der Waals surface area contributed by atoms with E-state index in [2.05, 4.69) is 4.90 Å². The lowest BCUT2D eigenvalue weighted by Gasteiger charge is -2.34. The van der Waals surface area contributed by atoms with Crippen LogP contribution in [0, 0.1) is 12.7 Å². The van der Waals surface area contributed by atoms with Gasteiger partial charge in [0.25, 0.3) is 0 Å². The zero-order valence-electron chi connectivity index (χ0n) is 21.7. The number of hydrogen-bond acceptors (Lipinski definition) is 5. The number of aromatic nitrogens is 1. The summed E-state index contributed by atoms with van der Waals surface area (Å²) in [5.74, 6) is -1.26. The second kappa shape index (κ2) is 11.4. The van der Waals surface area contributed by atoms with Crippen LogP contribution in [0.3, 0.4) is 0 Å². The van der Waals surface area contributed by atoms with Crippen molar-refractivity contribution in [2.75, 3.05) is 38.1 Å². The van der Waals surface area contributed by atoms with Crippen LogP contribution in [0.15, 0.2) is 65.5 Å². The third kappa shape index (κ3) is 5.81. The van der Waals surface area contributed by atoms with E-state index >= 15 is 4.39 Å². The molecule has 39 heavy (non-hydrogen) atoms. The van der Waals surface area contributed by atoms with Crippen molar-refractivity contribution in [1.82, 2.24) is 9.47 Å². The lowest BCUT2D eigenvalue weighted by atomic mass is 10.0. The van der Waals surface area contributed by atoms with Crippen molar-refractivity contribution >= 4 is 45.8 Å². The number of fused-ring (bicyclic) bond motifs is 1. The van der Waals surface area contributed by atoms with E-state index in [1.807, 2.05) is 28.6 Å². The van der Waals surface area contributed by atoms with Crippen molar-refractivity contribution in [3.05, 3.63) is 109 Å². The van der Waals surface area contributed by atoms with Gasteiger partial charge in [0.05, 0.1) is 11.2 Å². The molecular formula is C30H28Cl2FN3O3. The van der Waals surface area contributed by atoms with E-state index in [1.165, 1.54) is 6.07 Å². The van der Waals surface area contributed by atoms with Gasteiger partial charge in [-0.15, -0.1) is 0 Å². The van der Waals surface area contributed by atoms with E-state index in [9.17, 15) is 9.59 Å². The highest BCUT2D eigenvalue weighted by atomic mass is 35.5. The van der Waals surface area contributed by atoms with Crippen LogP contribution in [0.5, 0.6) is 0 Å². The monoisotopic (exact) mass is 567 g/mol. The van der Waals surface area contributed by atoms with Crippen molar-refractivity contribution in [2.24, 2.45) is 0 Å². The largest absolute Gasteiger partial charge is 0.457 e. The van der Waals surface area contributed by atoms with Crippen LogP contribution in [0.25, 0.3) is 10.9 Å². The number of nitrogens with zero attached hydrogens (tertiary/aromatic N) is 3. The van der Waals surface area contributed by atoms with Crippen LogP contribution in [0.2, 0.25) is 10.0 Å². The van der Waals surface area contributed by atoms with E-state index < -0.39 is 17.2 Å². The number of carbonyl (C=O) groups is 1. The Hall–Kier alpha value is -3.39. The SMILES string of the molecule is Cc1c(C(=O)OCc2ccc(Cl)cc2)c(=O)c2cc(F)c(N3CCN(C)CC3)cc2n1Cc1ccc(Cl)cc1. The second-order valence-corrected chi connectivity index (χ2v) is 10.7. The van der Waals surface area contributed by atoms with E-state index in [1.54, 1.807) is 49.4 Å². The highest BCUT2D eigenvalue weighted by Gasteiger charge is 2.25. The molecule has 0 radical (unpaired) electrons. The summed E-state index contributed by atoms with van der Waals surface area (Å²) in [6.45, 7) is 5.02. The van der Waals surface area contributed by atoms with Crippen LogP contribution >= 0.6 is 23.2 Å². The van der Waals surface area contributed by atoms with Gasteiger partial charge in [0.2, 0.25) is 5.43 Å². The molecule has 1 aliphatic rings. The Bertz CT molecular complexity index is 1580. The summed E-state index contributed by atoms with van der Waals surface area (Å²) < 4.78 is 22.9. The van der Waals surface area contributed by atoms with Gasteiger partial charge in [0.15, 0.2) is 0 Å². The quantitative estimate of drug-likeness (QED) is 0.271. The summed E-state index contributed by atoms with van der Waals surface area (Å²) in [5.41, 5.74) is 2.42. The summed E-state index contributed by atoms with van der Waals surface area (Å²) in [4.78, 5) is 31.1. The molecule has 1 fully saturated rings. The third-order valence-electron chi connectivity index (χ3n) is 7.18. The van der Waals surface area contributed by atoms with E-state index in [0.29, 0.717) is 46.6 Å². The molecule has 0 atom stereocenters. The van der Waals surface area contributed by atoms with Crippen molar-refractivity contribution in [2.45, 2.75) is 20.1 Å². The van der Waals surface area contributed by atoms with Gasteiger partial charge < -0.3 is 19.1 Å². The number of esters is 1. The summed E-state index contributed by atoms with van der Waals surface area (Å²) in [6.07, 6.45) is 0. The van der Waals surface area contributed by atoms with Crippen molar-refractivity contribution in [3.63, 3.8) is 0 Å². The fourth-order valence-electron chi connectivity index (χ4n) is 4.88. The van der Waals surface area contributed by atoms with Gasteiger partial charge in [-0.25, -0.2) is 9.18 Å². The molecule has 1 aliphatic heterocycles. The molecule has 3 aromatic carbocycles. The molecule has 9 heteroatoms. The number of piperazine rings is 1. The van der Waals surface area contributed by atoms with E-state index in [-0.39, 0.29) is 17.6 Å². The van der Waals surface area contributed by atoms with Gasteiger partial charge >= 0.3 is 5.97 Å². The molecular weight excluding hydrogens is 540 g/mol. The molecule has 0 saturated carbocycles. The number of benzene rings is 3. The van der Waals surface area contributed by atoms with Crippen LogP contribution < -0.4 is 10.3 Å². The predicted octanol–water partition coefficient (Wildman–Crippen LogP) is 5.91. The van der Waals surface area contributed by atoms with Crippen LogP contribution in [0.4, 0.5) is 10.1 Å². The number of hydrogen-bond donors (Lipinski definition) is 0. The topological polar surface area (TPSA) is 54.8 Å². The Morgan fingerprint density at radius 2 is 1.51 bits per heavy atom. The molecule has 0 aliphatic carbocycles. The van der Waals surface area contributed by atoms with Crippen molar-refractivity contribution < 1.29 is 13.9 Å². The number of ether oxygens (including phenoxy) is 1. The number of anilines is 1. The maximum Gasteiger partial charge on any atom is 0.344 e. The average Bonchev–Trinajstić information content (AvgIpc) is 2.92. The van der Waals surface area contributed by atoms with Gasteiger partial charge in [-0.1, -0.05) is 47.5 Å². The molecule has 4 aromatic rings. The number of carbonyl (C=O) groups excluding carboxylic acids is 1. The van der Waals surface area contributed by atoms with E-state index in [0.717, 1.165) is 24.2 Å². The third-order valence-corrected chi connectivity index (χ3v) is 7.68. The van der Waals surface area contributed by atoms with E-state index in [4.69, 9.17) is 27.9 Å². The molecule has 0 spiro atoms. The second-order valence-electron chi connectivity index (χ2n) is 9.82. The maximum absolute atomic E-state index is 15.5. The minimum Gasteiger partial charge on any atom is -0.457 e. The van der Waals surface area contributed by atoms with Gasteiger partial charge in [-0.2, -0.15) is 0 Å². The molecule has 1 aromatic heterocycles. The first kappa shape index (κ1) is 27.2. The van der Waals surface area contributed by atoms with Crippen LogP contribution in [-0.2, 0) is 17.9 Å². The minimum atomic E-state index is -0.761. The Morgan fingerprint density at radius 1 is 0.923 bits per heavy atom. The fraction of sp³-hybridized carbons (Fsp3) is 0.267. The van der Waals surface area contributed by atoms with Gasteiger partial charge in [0.1, 0.15) is 18.0 Å². The molecule has 0 amide bonds. The summed E-state index contributed by atoms with van der Waals surface area (Å²) >= 11 is 12.0. The summed E-state index contributed by atoms with van der Waals surface area (Å²) in [5, 5.41) is 1.30. The first-order valence-corrected chi connectivity index (χ1v) is 13.4. The first-order chi connectivity index (χ1) is 18.7. The number of halogens is 3. The average molecular weight is 568 g/mol. The molecule has 2 heterocycles. The Labute approximate surface area is 236 Å². The molecule has 6 nitrogen and oxygen atoms in total.